The lowest BCUT2D eigenvalue weighted by molar-refractivity contribution is -0.116. The van der Waals surface area contributed by atoms with Crippen LogP contribution in [-0.2, 0) is 17.0 Å². The Morgan fingerprint density at radius 1 is 1.19 bits per heavy atom. The van der Waals surface area contributed by atoms with Crippen molar-refractivity contribution >= 4 is 35.0 Å². The van der Waals surface area contributed by atoms with Crippen molar-refractivity contribution in [3.63, 3.8) is 0 Å². The Morgan fingerprint density at radius 3 is 2.91 bits per heavy atom. The standard InChI is InChI=1S/C22H21ClN6O2S/c1-13-4-3-5-15(10-13)21-26-22(28-27-21)32-12-18-25-20(31-29-18)9-8-19(30)24-17-11-16(23)7-6-14(17)2/h3-7,10-11H,8-9,12H2,1-2H3,(H,24,30)(H,26,27,28). The molecule has 32 heavy (non-hydrogen) atoms. The van der Waals surface area contributed by atoms with Gasteiger partial charge in [0.05, 0.1) is 5.75 Å². The number of nitrogens with one attached hydrogen (secondary N) is 2. The second kappa shape index (κ2) is 9.97. The number of anilines is 1. The summed E-state index contributed by atoms with van der Waals surface area (Å²) >= 11 is 7.40. The predicted octanol–water partition coefficient (Wildman–Crippen LogP) is 4.99. The summed E-state index contributed by atoms with van der Waals surface area (Å²) in [7, 11) is 0. The molecule has 0 spiro atoms. The third-order valence-corrected chi connectivity index (χ3v) is 5.71. The lowest BCUT2D eigenvalue weighted by Crippen LogP contribution is -2.13. The van der Waals surface area contributed by atoms with E-state index < -0.39 is 0 Å². The molecule has 0 fully saturated rings. The zero-order valence-electron chi connectivity index (χ0n) is 17.6. The number of halogens is 1. The highest BCUT2D eigenvalue weighted by Gasteiger charge is 2.13. The molecule has 0 aliphatic heterocycles. The van der Waals surface area contributed by atoms with Crippen LogP contribution in [0.2, 0.25) is 5.02 Å². The topological polar surface area (TPSA) is 110 Å². The van der Waals surface area contributed by atoms with Crippen LogP contribution in [0.4, 0.5) is 5.69 Å². The first kappa shape index (κ1) is 22.0. The van der Waals surface area contributed by atoms with Gasteiger partial charge in [-0.3, -0.25) is 9.89 Å². The van der Waals surface area contributed by atoms with Crippen molar-refractivity contribution in [2.45, 2.75) is 37.6 Å². The number of rotatable bonds is 8. The van der Waals surface area contributed by atoms with Crippen molar-refractivity contribution in [2.24, 2.45) is 0 Å². The van der Waals surface area contributed by atoms with Crippen LogP contribution in [0.15, 0.2) is 52.1 Å². The minimum atomic E-state index is -0.145. The van der Waals surface area contributed by atoms with E-state index in [9.17, 15) is 4.79 Å². The fraction of sp³-hybridized carbons (Fsp3) is 0.227. The van der Waals surface area contributed by atoms with Crippen LogP contribution in [0.5, 0.6) is 0 Å². The number of H-pyrrole nitrogens is 1. The summed E-state index contributed by atoms with van der Waals surface area (Å²) in [5.74, 6) is 1.97. The first-order valence-corrected chi connectivity index (χ1v) is 11.3. The Hall–Kier alpha value is -3.17. The van der Waals surface area contributed by atoms with Gasteiger partial charge in [0.15, 0.2) is 11.6 Å². The van der Waals surface area contributed by atoms with Gasteiger partial charge in [-0.1, -0.05) is 58.3 Å². The molecule has 4 rings (SSSR count). The summed E-state index contributed by atoms with van der Waals surface area (Å²) < 4.78 is 5.26. The van der Waals surface area contributed by atoms with Crippen molar-refractivity contribution < 1.29 is 9.32 Å². The molecule has 8 nitrogen and oxygen atoms in total. The van der Waals surface area contributed by atoms with E-state index in [1.54, 1.807) is 12.1 Å². The van der Waals surface area contributed by atoms with E-state index >= 15 is 0 Å². The number of aryl methyl sites for hydroxylation is 3. The number of hydrogen-bond acceptors (Lipinski definition) is 7. The summed E-state index contributed by atoms with van der Waals surface area (Å²) in [6.07, 6.45) is 0.572. The number of benzene rings is 2. The van der Waals surface area contributed by atoms with Crippen LogP contribution in [-0.4, -0.2) is 31.2 Å². The molecule has 10 heteroatoms. The number of carbonyl (C=O) groups excluding carboxylic acids is 1. The van der Waals surface area contributed by atoms with E-state index in [0.29, 0.717) is 45.6 Å². The molecule has 0 saturated carbocycles. The first-order valence-electron chi connectivity index (χ1n) is 9.96. The van der Waals surface area contributed by atoms with Crippen molar-refractivity contribution in [3.8, 4) is 11.4 Å². The predicted molar refractivity (Wildman–Crippen MR) is 124 cm³/mol. The van der Waals surface area contributed by atoms with Crippen LogP contribution < -0.4 is 5.32 Å². The molecule has 2 heterocycles. The van der Waals surface area contributed by atoms with E-state index in [1.807, 2.05) is 44.2 Å². The molecular weight excluding hydrogens is 448 g/mol. The van der Waals surface area contributed by atoms with E-state index in [1.165, 1.54) is 11.8 Å². The molecule has 4 aromatic rings. The van der Waals surface area contributed by atoms with E-state index in [2.05, 4.69) is 30.6 Å². The summed E-state index contributed by atoms with van der Waals surface area (Å²) in [6, 6.07) is 13.4. The van der Waals surface area contributed by atoms with Gasteiger partial charge in [0.2, 0.25) is 17.0 Å². The summed E-state index contributed by atoms with van der Waals surface area (Å²) in [6.45, 7) is 3.94. The summed E-state index contributed by atoms with van der Waals surface area (Å²) in [4.78, 5) is 21.1. The molecule has 2 N–H and O–H groups in total. The lowest BCUT2D eigenvalue weighted by atomic mass is 10.1. The van der Waals surface area contributed by atoms with Crippen LogP contribution in [0, 0.1) is 13.8 Å². The van der Waals surface area contributed by atoms with Gasteiger partial charge in [-0.2, -0.15) is 4.98 Å². The highest BCUT2D eigenvalue weighted by Crippen LogP contribution is 2.23. The molecule has 0 atom stereocenters. The Labute approximate surface area is 194 Å². The van der Waals surface area contributed by atoms with Crippen LogP contribution in [0.1, 0.15) is 29.3 Å². The number of hydrogen-bond donors (Lipinski definition) is 2. The smallest absolute Gasteiger partial charge is 0.227 e. The number of nitrogens with zero attached hydrogens (tertiary/aromatic N) is 4. The summed E-state index contributed by atoms with van der Waals surface area (Å²) in [5.41, 5.74) is 3.78. The van der Waals surface area contributed by atoms with Crippen molar-refractivity contribution in [1.82, 2.24) is 25.3 Å². The first-order chi connectivity index (χ1) is 15.5. The number of thioether (sulfide) groups is 1. The van der Waals surface area contributed by atoms with Crippen LogP contribution in [0.25, 0.3) is 11.4 Å². The molecule has 2 aromatic carbocycles. The minimum Gasteiger partial charge on any atom is -0.339 e. The molecule has 0 aliphatic carbocycles. The van der Waals surface area contributed by atoms with Crippen molar-refractivity contribution in [2.75, 3.05) is 5.32 Å². The maximum atomic E-state index is 12.2. The van der Waals surface area contributed by atoms with Gasteiger partial charge in [0, 0.05) is 29.1 Å². The largest absolute Gasteiger partial charge is 0.339 e. The zero-order chi connectivity index (χ0) is 22.5. The van der Waals surface area contributed by atoms with Crippen molar-refractivity contribution in [3.05, 3.63) is 70.3 Å². The fourth-order valence-electron chi connectivity index (χ4n) is 2.97. The monoisotopic (exact) mass is 468 g/mol. The molecule has 1 amide bonds. The van der Waals surface area contributed by atoms with Gasteiger partial charge in [-0.25, -0.2) is 4.98 Å². The molecular formula is C22H21ClN6O2S. The maximum absolute atomic E-state index is 12.2. The second-order valence-electron chi connectivity index (χ2n) is 7.24. The minimum absolute atomic E-state index is 0.145. The Morgan fingerprint density at radius 2 is 2.06 bits per heavy atom. The SMILES string of the molecule is Cc1cccc(-c2nc(SCc3noc(CCC(=O)Nc4cc(Cl)ccc4C)n3)n[nH]2)c1. The summed E-state index contributed by atoms with van der Waals surface area (Å²) in [5, 5.41) is 15.2. The molecule has 0 radical (unpaired) electrons. The van der Waals surface area contributed by atoms with Crippen molar-refractivity contribution in [1.29, 1.82) is 0 Å². The van der Waals surface area contributed by atoms with Gasteiger partial charge in [-0.05, 0) is 37.6 Å². The number of aromatic amines is 1. The molecule has 164 valence electrons. The second-order valence-corrected chi connectivity index (χ2v) is 8.62. The van der Waals surface area contributed by atoms with Crippen LogP contribution >= 0.6 is 23.4 Å². The highest BCUT2D eigenvalue weighted by molar-refractivity contribution is 7.98. The number of amides is 1. The quantitative estimate of drug-likeness (QED) is 0.350. The zero-order valence-corrected chi connectivity index (χ0v) is 19.1. The van der Waals surface area contributed by atoms with Gasteiger partial charge in [-0.15, -0.1) is 5.10 Å². The lowest BCUT2D eigenvalue weighted by Gasteiger charge is -2.08. The van der Waals surface area contributed by atoms with Gasteiger partial charge < -0.3 is 9.84 Å². The number of carbonyl (C=O) groups is 1. The van der Waals surface area contributed by atoms with Gasteiger partial charge in [0.1, 0.15) is 0 Å². The molecule has 0 saturated heterocycles. The van der Waals surface area contributed by atoms with E-state index in [0.717, 1.165) is 16.7 Å². The normalized spacial score (nSPS) is 11.0. The van der Waals surface area contributed by atoms with E-state index in [-0.39, 0.29) is 12.3 Å². The fourth-order valence-corrected chi connectivity index (χ4v) is 3.79. The number of aromatic nitrogens is 5. The van der Waals surface area contributed by atoms with Gasteiger partial charge >= 0.3 is 0 Å². The molecule has 0 unspecified atom stereocenters. The Kier molecular flexibility index (Phi) is 6.87. The molecule has 2 aromatic heterocycles. The van der Waals surface area contributed by atoms with E-state index in [4.69, 9.17) is 16.1 Å². The highest BCUT2D eigenvalue weighted by atomic mass is 35.5. The van der Waals surface area contributed by atoms with Crippen LogP contribution in [0.3, 0.4) is 0 Å². The van der Waals surface area contributed by atoms with Gasteiger partial charge in [0.25, 0.3) is 0 Å². The average molecular weight is 469 g/mol. The Bertz CT molecular complexity index is 1240. The third-order valence-electron chi connectivity index (χ3n) is 4.64. The maximum Gasteiger partial charge on any atom is 0.227 e. The average Bonchev–Trinajstić information content (AvgIpc) is 3.43. The Balaban J connectivity index is 1.27. The third kappa shape index (κ3) is 5.74. The molecule has 0 bridgehead atoms. The molecule has 0 aliphatic rings.